The van der Waals surface area contributed by atoms with E-state index in [0.717, 1.165) is 48.8 Å². The molecule has 10 nitrogen and oxygen atoms in total. The Morgan fingerprint density at radius 2 is 1.86 bits per heavy atom. The number of fused-ring (bicyclic) bond motifs is 2. The molecule has 2 aromatic heterocycles. The number of thiophene rings is 1. The van der Waals surface area contributed by atoms with Gasteiger partial charge in [0.15, 0.2) is 6.61 Å². The van der Waals surface area contributed by atoms with Crippen LogP contribution in [0.4, 0.5) is 5.69 Å². The lowest BCUT2D eigenvalue weighted by Crippen LogP contribution is -2.43. The van der Waals surface area contributed by atoms with E-state index in [-0.39, 0.29) is 10.4 Å². The zero-order chi connectivity index (χ0) is 25.1. The second-order valence-corrected chi connectivity index (χ2v) is 9.12. The first-order chi connectivity index (χ1) is 16.8. The standard InChI is InChI=1S/C24H27N5O5S/c1-4-28(5-2)16-10-8-15(9-11-16)21(31)27-26-18(30)13-34-24(33)20-14(3)19-22(35-20)25-17-7-6-12-29(17)23(19)32/h8-11H,4-7,12-13H2,1-3H3,(H,26,30)(H,27,31). The number of anilines is 1. The fourth-order valence-electron chi connectivity index (χ4n) is 4.11. The van der Waals surface area contributed by atoms with E-state index >= 15 is 0 Å². The Hall–Kier alpha value is -3.73. The maximum Gasteiger partial charge on any atom is 0.349 e. The van der Waals surface area contributed by atoms with Crippen molar-refractivity contribution in [3.05, 3.63) is 56.4 Å². The highest BCUT2D eigenvalue weighted by Gasteiger charge is 2.24. The molecule has 0 unspecified atom stereocenters. The predicted molar refractivity (Wildman–Crippen MR) is 133 cm³/mol. The predicted octanol–water partition coefficient (Wildman–Crippen LogP) is 2.18. The van der Waals surface area contributed by atoms with E-state index in [1.165, 1.54) is 0 Å². The number of nitrogens with one attached hydrogen (secondary N) is 2. The molecule has 0 saturated carbocycles. The van der Waals surface area contributed by atoms with Crippen LogP contribution in [0.2, 0.25) is 0 Å². The summed E-state index contributed by atoms with van der Waals surface area (Å²) >= 11 is 1.08. The summed E-state index contributed by atoms with van der Waals surface area (Å²) in [5.74, 6) is -1.18. The Kier molecular flexibility index (Phi) is 7.15. The Labute approximate surface area is 205 Å². The van der Waals surface area contributed by atoms with Crippen LogP contribution in [0.3, 0.4) is 0 Å². The third-order valence-corrected chi connectivity index (χ3v) is 7.17. The van der Waals surface area contributed by atoms with Gasteiger partial charge in [-0.3, -0.25) is 29.8 Å². The summed E-state index contributed by atoms with van der Waals surface area (Å²) in [6.45, 7) is 7.52. The van der Waals surface area contributed by atoms with E-state index in [2.05, 4.69) is 34.6 Å². The summed E-state index contributed by atoms with van der Waals surface area (Å²) in [5, 5.41) is 0.413. The fraction of sp³-hybridized carbons (Fsp3) is 0.375. The van der Waals surface area contributed by atoms with Gasteiger partial charge in [0.2, 0.25) is 0 Å². The zero-order valence-electron chi connectivity index (χ0n) is 19.8. The number of hydrogen-bond acceptors (Lipinski definition) is 8. The van der Waals surface area contributed by atoms with Gasteiger partial charge in [-0.05, 0) is 57.0 Å². The van der Waals surface area contributed by atoms with Gasteiger partial charge in [0.1, 0.15) is 15.5 Å². The van der Waals surface area contributed by atoms with Crippen LogP contribution in [0.15, 0.2) is 29.1 Å². The minimum Gasteiger partial charge on any atom is -0.451 e. The van der Waals surface area contributed by atoms with E-state index in [9.17, 15) is 19.2 Å². The smallest absolute Gasteiger partial charge is 0.349 e. The molecule has 4 rings (SSSR count). The lowest BCUT2D eigenvalue weighted by atomic mass is 10.2. The molecule has 0 bridgehead atoms. The van der Waals surface area contributed by atoms with Gasteiger partial charge in [0, 0.05) is 37.3 Å². The number of aryl methyl sites for hydroxylation is 2. The number of aromatic nitrogens is 2. The third kappa shape index (κ3) is 4.90. The highest BCUT2D eigenvalue weighted by Crippen LogP contribution is 2.29. The Balaban J connectivity index is 1.33. The van der Waals surface area contributed by atoms with Gasteiger partial charge in [0.05, 0.1) is 5.39 Å². The number of hydrazine groups is 1. The summed E-state index contributed by atoms with van der Waals surface area (Å²) in [6.07, 6.45) is 1.61. The molecule has 35 heavy (non-hydrogen) atoms. The summed E-state index contributed by atoms with van der Waals surface area (Å²) in [6, 6.07) is 7.03. The van der Waals surface area contributed by atoms with Gasteiger partial charge < -0.3 is 9.64 Å². The number of carbonyl (C=O) groups is 3. The first kappa shape index (κ1) is 24.4. The van der Waals surface area contributed by atoms with Crippen LogP contribution in [0.25, 0.3) is 10.2 Å². The van der Waals surface area contributed by atoms with E-state index < -0.39 is 24.4 Å². The molecule has 3 heterocycles. The Morgan fingerprint density at radius 3 is 2.54 bits per heavy atom. The van der Waals surface area contributed by atoms with Crippen molar-refractivity contribution in [2.45, 2.75) is 40.2 Å². The Bertz CT molecular complexity index is 1340. The molecule has 0 atom stereocenters. The summed E-state index contributed by atoms with van der Waals surface area (Å²) in [4.78, 5) is 57.2. The number of ether oxygens (including phenoxy) is 1. The molecule has 2 amide bonds. The second-order valence-electron chi connectivity index (χ2n) is 8.12. The Morgan fingerprint density at radius 1 is 1.14 bits per heavy atom. The van der Waals surface area contributed by atoms with Gasteiger partial charge >= 0.3 is 5.97 Å². The third-order valence-electron chi connectivity index (χ3n) is 6.00. The second kappa shape index (κ2) is 10.3. The molecule has 1 aromatic carbocycles. The highest BCUT2D eigenvalue weighted by atomic mass is 32.1. The van der Waals surface area contributed by atoms with Crippen molar-refractivity contribution in [2.24, 2.45) is 0 Å². The van der Waals surface area contributed by atoms with E-state index in [1.54, 1.807) is 23.6 Å². The number of esters is 1. The maximum absolute atomic E-state index is 12.8. The molecule has 0 fully saturated rings. The van der Waals surface area contributed by atoms with Crippen molar-refractivity contribution in [3.8, 4) is 0 Å². The SMILES string of the molecule is CCN(CC)c1ccc(C(=O)NNC(=O)COC(=O)c2sc3nc4n(c(=O)c3c2C)CCC4)cc1. The fourth-order valence-corrected chi connectivity index (χ4v) is 5.20. The van der Waals surface area contributed by atoms with E-state index in [4.69, 9.17) is 4.74 Å². The normalized spacial score (nSPS) is 12.3. The van der Waals surface area contributed by atoms with Crippen LogP contribution < -0.4 is 21.3 Å². The molecule has 0 saturated heterocycles. The molecule has 0 spiro atoms. The van der Waals surface area contributed by atoms with Gasteiger partial charge in [-0.2, -0.15) is 0 Å². The lowest BCUT2D eigenvalue weighted by Gasteiger charge is -2.21. The van der Waals surface area contributed by atoms with Crippen molar-refractivity contribution in [2.75, 3.05) is 24.6 Å². The van der Waals surface area contributed by atoms with Crippen LogP contribution in [0.5, 0.6) is 0 Å². The van der Waals surface area contributed by atoms with Crippen LogP contribution >= 0.6 is 11.3 Å². The summed E-state index contributed by atoms with van der Waals surface area (Å²) < 4.78 is 6.76. The van der Waals surface area contributed by atoms with E-state index in [0.29, 0.717) is 27.9 Å². The van der Waals surface area contributed by atoms with Crippen molar-refractivity contribution in [3.63, 3.8) is 0 Å². The molecule has 184 valence electrons. The first-order valence-electron chi connectivity index (χ1n) is 11.5. The van der Waals surface area contributed by atoms with Crippen molar-refractivity contribution in [1.29, 1.82) is 0 Å². The molecule has 3 aromatic rings. The molecule has 0 radical (unpaired) electrons. The highest BCUT2D eigenvalue weighted by molar-refractivity contribution is 7.20. The summed E-state index contributed by atoms with van der Waals surface area (Å²) in [7, 11) is 0. The van der Waals surface area contributed by atoms with Gasteiger partial charge in [-0.1, -0.05) is 0 Å². The van der Waals surface area contributed by atoms with Crippen LogP contribution in [-0.2, 0) is 22.5 Å². The minimum atomic E-state index is -0.719. The molecule has 1 aliphatic rings. The number of carbonyl (C=O) groups excluding carboxylic acids is 3. The quantitative estimate of drug-likeness (QED) is 0.379. The first-order valence-corrected chi connectivity index (χ1v) is 12.3. The lowest BCUT2D eigenvalue weighted by molar-refractivity contribution is -0.125. The maximum atomic E-state index is 12.8. The topological polar surface area (TPSA) is 123 Å². The molecule has 0 aliphatic carbocycles. The largest absolute Gasteiger partial charge is 0.451 e. The van der Waals surface area contributed by atoms with Gasteiger partial charge in [-0.25, -0.2) is 9.78 Å². The molecule has 1 aliphatic heterocycles. The van der Waals surface area contributed by atoms with Crippen LogP contribution in [0, 0.1) is 6.92 Å². The monoisotopic (exact) mass is 497 g/mol. The zero-order valence-corrected chi connectivity index (χ0v) is 20.7. The molecule has 11 heteroatoms. The van der Waals surface area contributed by atoms with Crippen molar-refractivity contribution >= 4 is 45.0 Å². The van der Waals surface area contributed by atoms with Crippen LogP contribution in [0.1, 0.15) is 51.7 Å². The van der Waals surface area contributed by atoms with Gasteiger partial charge in [-0.15, -0.1) is 11.3 Å². The molecular formula is C24H27N5O5S. The number of benzene rings is 1. The van der Waals surface area contributed by atoms with E-state index in [1.807, 2.05) is 12.1 Å². The van der Waals surface area contributed by atoms with Crippen molar-refractivity contribution < 1.29 is 19.1 Å². The van der Waals surface area contributed by atoms with Gasteiger partial charge in [0.25, 0.3) is 17.4 Å². The number of amides is 2. The summed E-state index contributed by atoms with van der Waals surface area (Å²) in [5.41, 5.74) is 6.27. The van der Waals surface area contributed by atoms with Crippen LogP contribution in [-0.4, -0.2) is 47.0 Å². The number of rotatable bonds is 7. The minimum absolute atomic E-state index is 0.152. The average Bonchev–Trinajstić information content (AvgIpc) is 3.47. The number of nitrogens with zero attached hydrogens (tertiary/aromatic N) is 3. The molecular weight excluding hydrogens is 470 g/mol. The average molecular weight is 498 g/mol. The van der Waals surface area contributed by atoms with Crippen molar-refractivity contribution in [1.82, 2.24) is 20.4 Å². The molecule has 2 N–H and O–H groups in total. The number of hydrogen-bond donors (Lipinski definition) is 2.